The van der Waals surface area contributed by atoms with E-state index in [1.807, 2.05) is 24.3 Å². The average Bonchev–Trinajstić information content (AvgIpc) is 2.36. The highest BCUT2D eigenvalue weighted by Crippen LogP contribution is 2.26. The Bertz CT molecular complexity index is 591. The Morgan fingerprint density at radius 1 is 0.900 bits per heavy atom. The Morgan fingerprint density at radius 3 is 2.15 bits per heavy atom. The van der Waals surface area contributed by atoms with Crippen LogP contribution in [0.25, 0.3) is 0 Å². The molecule has 4 heteroatoms. The van der Waals surface area contributed by atoms with Gasteiger partial charge in [-0.25, -0.2) is 0 Å². The lowest BCUT2D eigenvalue weighted by atomic mass is 9.90. The monoisotopic (exact) mass is 328 g/mol. The average molecular weight is 330 g/mol. The quantitative estimate of drug-likeness (QED) is 0.819. The highest BCUT2D eigenvalue weighted by molar-refractivity contribution is 6.33. The van der Waals surface area contributed by atoms with Crippen molar-refractivity contribution in [2.45, 2.75) is 25.4 Å². The normalized spacial score (nSPS) is 14.1. The van der Waals surface area contributed by atoms with Gasteiger partial charge >= 0.3 is 0 Å². The topological polar surface area (TPSA) is 20.2 Å². The SMILES string of the molecule is CC(O)(Cc1ccc(Cl)cc1)Cc1cc(Cl)ccc1Cl. The molecule has 0 heterocycles. The first-order valence-corrected chi connectivity index (χ1v) is 7.40. The summed E-state index contributed by atoms with van der Waals surface area (Å²) in [5, 5.41) is 12.5. The summed E-state index contributed by atoms with van der Waals surface area (Å²) in [7, 11) is 0. The summed E-state index contributed by atoms with van der Waals surface area (Å²) in [5.74, 6) is 0. The van der Waals surface area contributed by atoms with E-state index in [1.54, 1.807) is 25.1 Å². The zero-order valence-corrected chi connectivity index (χ0v) is 13.3. The zero-order valence-electron chi connectivity index (χ0n) is 11.0. The van der Waals surface area contributed by atoms with Gasteiger partial charge in [0.15, 0.2) is 0 Å². The van der Waals surface area contributed by atoms with Crippen LogP contribution in [0, 0.1) is 0 Å². The zero-order chi connectivity index (χ0) is 14.8. The molecule has 106 valence electrons. The first kappa shape index (κ1) is 15.7. The van der Waals surface area contributed by atoms with E-state index in [0.717, 1.165) is 11.1 Å². The fraction of sp³-hybridized carbons (Fsp3) is 0.250. The Morgan fingerprint density at radius 2 is 1.50 bits per heavy atom. The van der Waals surface area contributed by atoms with Gasteiger partial charge in [0.05, 0.1) is 5.60 Å². The molecule has 0 bridgehead atoms. The number of hydrogen-bond donors (Lipinski definition) is 1. The summed E-state index contributed by atoms with van der Waals surface area (Å²) in [4.78, 5) is 0. The molecule has 1 unspecified atom stereocenters. The van der Waals surface area contributed by atoms with E-state index in [4.69, 9.17) is 34.8 Å². The second kappa shape index (κ2) is 6.36. The molecular formula is C16H15Cl3O. The van der Waals surface area contributed by atoms with E-state index in [2.05, 4.69) is 0 Å². The number of benzene rings is 2. The van der Waals surface area contributed by atoms with Gasteiger partial charge in [-0.1, -0.05) is 46.9 Å². The molecule has 2 aromatic rings. The van der Waals surface area contributed by atoms with Crippen molar-refractivity contribution >= 4 is 34.8 Å². The molecule has 0 aliphatic rings. The Hall–Kier alpha value is -0.730. The molecule has 0 saturated heterocycles. The standard InChI is InChI=1S/C16H15Cl3O/c1-16(20,9-11-2-4-13(17)5-3-11)10-12-8-14(18)6-7-15(12)19/h2-8,20H,9-10H2,1H3. The molecule has 0 aliphatic carbocycles. The molecule has 20 heavy (non-hydrogen) atoms. The molecule has 0 fully saturated rings. The summed E-state index contributed by atoms with van der Waals surface area (Å²) in [6, 6.07) is 12.7. The molecule has 0 radical (unpaired) electrons. The summed E-state index contributed by atoms with van der Waals surface area (Å²) < 4.78 is 0. The lowest BCUT2D eigenvalue weighted by molar-refractivity contribution is 0.0608. The smallest absolute Gasteiger partial charge is 0.0700 e. The second-order valence-electron chi connectivity index (χ2n) is 5.21. The first-order valence-electron chi connectivity index (χ1n) is 6.26. The predicted octanol–water partition coefficient (Wildman–Crippen LogP) is 5.18. The van der Waals surface area contributed by atoms with Gasteiger partial charge in [0, 0.05) is 27.9 Å². The number of aliphatic hydroxyl groups is 1. The third kappa shape index (κ3) is 4.39. The van der Waals surface area contributed by atoms with Crippen molar-refractivity contribution in [1.82, 2.24) is 0 Å². The van der Waals surface area contributed by atoms with Crippen LogP contribution in [0.3, 0.4) is 0 Å². The Balaban J connectivity index is 2.14. The van der Waals surface area contributed by atoms with E-state index < -0.39 is 5.60 Å². The molecule has 0 aliphatic heterocycles. The van der Waals surface area contributed by atoms with E-state index in [0.29, 0.717) is 27.9 Å². The molecule has 0 spiro atoms. The van der Waals surface area contributed by atoms with Crippen LogP contribution in [0.1, 0.15) is 18.1 Å². The van der Waals surface area contributed by atoms with Gasteiger partial charge in [0.1, 0.15) is 0 Å². The van der Waals surface area contributed by atoms with Crippen molar-refractivity contribution in [3.05, 3.63) is 68.7 Å². The summed E-state index contributed by atoms with van der Waals surface area (Å²) in [5.41, 5.74) is 0.970. The molecule has 2 rings (SSSR count). The summed E-state index contributed by atoms with van der Waals surface area (Å²) >= 11 is 18.0. The van der Waals surface area contributed by atoms with Crippen molar-refractivity contribution in [2.75, 3.05) is 0 Å². The maximum atomic E-state index is 10.6. The number of halogens is 3. The predicted molar refractivity (Wildman–Crippen MR) is 85.9 cm³/mol. The Kier molecular flexibility index (Phi) is 4.98. The maximum absolute atomic E-state index is 10.6. The van der Waals surface area contributed by atoms with Crippen LogP contribution in [0.5, 0.6) is 0 Å². The largest absolute Gasteiger partial charge is 0.389 e. The van der Waals surface area contributed by atoms with Gasteiger partial charge in [0.25, 0.3) is 0 Å². The third-order valence-electron chi connectivity index (χ3n) is 3.08. The fourth-order valence-corrected chi connectivity index (χ4v) is 2.70. The molecule has 2 aromatic carbocycles. The first-order chi connectivity index (χ1) is 9.35. The lowest BCUT2D eigenvalue weighted by Crippen LogP contribution is -2.30. The fourth-order valence-electron chi connectivity index (χ4n) is 2.19. The van der Waals surface area contributed by atoms with E-state index in [1.165, 1.54) is 0 Å². The van der Waals surface area contributed by atoms with Crippen LogP contribution in [-0.2, 0) is 12.8 Å². The van der Waals surface area contributed by atoms with Crippen LogP contribution in [0.15, 0.2) is 42.5 Å². The highest BCUT2D eigenvalue weighted by Gasteiger charge is 2.23. The summed E-state index contributed by atoms with van der Waals surface area (Å²) in [6.07, 6.45) is 0.960. The molecule has 1 N–H and O–H groups in total. The second-order valence-corrected chi connectivity index (χ2v) is 6.49. The van der Waals surface area contributed by atoms with E-state index >= 15 is 0 Å². The van der Waals surface area contributed by atoms with Crippen LogP contribution < -0.4 is 0 Å². The molecule has 1 atom stereocenters. The van der Waals surface area contributed by atoms with Gasteiger partial charge in [-0.15, -0.1) is 0 Å². The molecule has 0 saturated carbocycles. The van der Waals surface area contributed by atoms with Gasteiger partial charge in [-0.3, -0.25) is 0 Å². The van der Waals surface area contributed by atoms with Gasteiger partial charge in [-0.05, 0) is 48.4 Å². The number of hydrogen-bond acceptors (Lipinski definition) is 1. The van der Waals surface area contributed by atoms with Crippen molar-refractivity contribution in [2.24, 2.45) is 0 Å². The van der Waals surface area contributed by atoms with Crippen molar-refractivity contribution < 1.29 is 5.11 Å². The molecule has 0 amide bonds. The van der Waals surface area contributed by atoms with Crippen LogP contribution >= 0.6 is 34.8 Å². The van der Waals surface area contributed by atoms with E-state index in [-0.39, 0.29) is 0 Å². The van der Waals surface area contributed by atoms with Crippen LogP contribution in [-0.4, -0.2) is 10.7 Å². The van der Waals surface area contributed by atoms with E-state index in [9.17, 15) is 5.11 Å². The summed E-state index contributed by atoms with van der Waals surface area (Å²) in [6.45, 7) is 1.79. The molecular weight excluding hydrogens is 315 g/mol. The lowest BCUT2D eigenvalue weighted by Gasteiger charge is -2.24. The van der Waals surface area contributed by atoms with Gasteiger partial charge in [0.2, 0.25) is 0 Å². The van der Waals surface area contributed by atoms with Crippen molar-refractivity contribution in [3.8, 4) is 0 Å². The third-order valence-corrected chi connectivity index (χ3v) is 3.93. The highest BCUT2D eigenvalue weighted by atomic mass is 35.5. The maximum Gasteiger partial charge on any atom is 0.0700 e. The van der Waals surface area contributed by atoms with Gasteiger partial charge in [-0.2, -0.15) is 0 Å². The van der Waals surface area contributed by atoms with Crippen LogP contribution in [0.2, 0.25) is 15.1 Å². The number of rotatable bonds is 4. The van der Waals surface area contributed by atoms with Crippen molar-refractivity contribution in [1.29, 1.82) is 0 Å². The Labute approximate surface area is 134 Å². The van der Waals surface area contributed by atoms with Crippen LogP contribution in [0.4, 0.5) is 0 Å². The van der Waals surface area contributed by atoms with Crippen molar-refractivity contribution in [3.63, 3.8) is 0 Å². The molecule has 1 nitrogen and oxygen atoms in total. The minimum atomic E-state index is -0.901. The molecule has 0 aromatic heterocycles. The van der Waals surface area contributed by atoms with Gasteiger partial charge < -0.3 is 5.11 Å². The minimum Gasteiger partial charge on any atom is -0.389 e. The minimum absolute atomic E-state index is 0.440.